The first-order chi connectivity index (χ1) is 7.66. The predicted octanol–water partition coefficient (Wildman–Crippen LogP) is 2.67. The molecule has 1 N–H and O–H groups in total. The summed E-state index contributed by atoms with van der Waals surface area (Å²) in [6, 6.07) is 1.64. The van der Waals surface area contributed by atoms with Crippen LogP contribution in [-0.4, -0.2) is 21.9 Å². The minimum absolute atomic E-state index is 0.425. The second-order valence-corrected chi connectivity index (χ2v) is 5.18. The molecule has 3 nitrogen and oxygen atoms in total. The maximum atomic E-state index is 4.39. The zero-order valence-corrected chi connectivity index (χ0v) is 10.6. The van der Waals surface area contributed by atoms with Gasteiger partial charge >= 0.3 is 0 Å². The van der Waals surface area contributed by atoms with Gasteiger partial charge in [0.1, 0.15) is 0 Å². The summed E-state index contributed by atoms with van der Waals surface area (Å²) in [6.07, 6.45) is 9.51. The van der Waals surface area contributed by atoms with E-state index < -0.39 is 0 Å². The Balaban J connectivity index is 1.90. The molecule has 1 saturated carbocycles. The Hall–Kier alpha value is -0.830. The molecular weight excluding hydrogens is 198 g/mol. The standard InChI is InChI=1S/C13H23N3/c1-10-8-14-16(9-10)12(3)11(2)15-13-6-4-5-7-13/h8-9,11-13,15H,4-7H2,1-3H3/t11-,12-/m1/s1. The average molecular weight is 221 g/mol. The van der Waals surface area contributed by atoms with Crippen molar-refractivity contribution in [2.75, 3.05) is 0 Å². The number of hydrogen-bond donors (Lipinski definition) is 1. The molecule has 2 rings (SSSR count). The van der Waals surface area contributed by atoms with E-state index >= 15 is 0 Å². The zero-order valence-electron chi connectivity index (χ0n) is 10.6. The monoisotopic (exact) mass is 221 g/mol. The Morgan fingerprint density at radius 1 is 1.38 bits per heavy atom. The van der Waals surface area contributed by atoms with Gasteiger partial charge in [0, 0.05) is 18.3 Å². The minimum atomic E-state index is 0.425. The topological polar surface area (TPSA) is 29.9 Å². The van der Waals surface area contributed by atoms with Gasteiger partial charge in [0.2, 0.25) is 0 Å². The van der Waals surface area contributed by atoms with Crippen LogP contribution in [-0.2, 0) is 0 Å². The molecule has 1 aromatic rings. The summed E-state index contributed by atoms with van der Waals surface area (Å²) in [5, 5.41) is 8.11. The molecule has 1 heterocycles. The first kappa shape index (κ1) is 11.6. The van der Waals surface area contributed by atoms with E-state index in [4.69, 9.17) is 0 Å². The molecule has 1 aromatic heterocycles. The van der Waals surface area contributed by atoms with E-state index in [1.165, 1.54) is 31.2 Å². The molecule has 2 atom stereocenters. The van der Waals surface area contributed by atoms with E-state index in [0.29, 0.717) is 12.1 Å². The largest absolute Gasteiger partial charge is 0.309 e. The van der Waals surface area contributed by atoms with E-state index in [0.717, 1.165) is 6.04 Å². The van der Waals surface area contributed by atoms with Crippen molar-refractivity contribution in [1.29, 1.82) is 0 Å². The lowest BCUT2D eigenvalue weighted by atomic mass is 10.1. The summed E-state index contributed by atoms with van der Waals surface area (Å²) in [7, 11) is 0. The van der Waals surface area contributed by atoms with E-state index in [1.54, 1.807) is 0 Å². The molecule has 0 spiro atoms. The molecule has 0 unspecified atom stereocenters. The van der Waals surface area contributed by atoms with Crippen molar-refractivity contribution in [3.63, 3.8) is 0 Å². The molecule has 1 aliphatic carbocycles. The first-order valence-corrected chi connectivity index (χ1v) is 6.43. The molecule has 0 aromatic carbocycles. The van der Waals surface area contributed by atoms with Gasteiger partial charge in [-0.05, 0) is 39.2 Å². The lowest BCUT2D eigenvalue weighted by molar-refractivity contribution is 0.333. The van der Waals surface area contributed by atoms with Gasteiger partial charge in [-0.1, -0.05) is 12.8 Å². The molecule has 90 valence electrons. The van der Waals surface area contributed by atoms with Crippen LogP contribution in [0.2, 0.25) is 0 Å². The summed E-state index contributed by atoms with van der Waals surface area (Å²) >= 11 is 0. The number of aryl methyl sites for hydroxylation is 1. The summed E-state index contributed by atoms with van der Waals surface area (Å²) in [4.78, 5) is 0. The van der Waals surface area contributed by atoms with E-state index in [-0.39, 0.29) is 0 Å². The summed E-state index contributed by atoms with van der Waals surface area (Å²) in [6.45, 7) is 6.59. The molecule has 0 radical (unpaired) electrons. The van der Waals surface area contributed by atoms with Gasteiger partial charge in [-0.25, -0.2) is 0 Å². The van der Waals surface area contributed by atoms with Gasteiger partial charge in [-0.2, -0.15) is 5.10 Å². The van der Waals surface area contributed by atoms with E-state index in [2.05, 4.69) is 42.1 Å². The highest BCUT2D eigenvalue weighted by Gasteiger charge is 2.21. The average Bonchev–Trinajstić information content (AvgIpc) is 2.88. The summed E-state index contributed by atoms with van der Waals surface area (Å²) in [5.74, 6) is 0. The number of hydrogen-bond acceptors (Lipinski definition) is 2. The van der Waals surface area contributed by atoms with Crippen molar-refractivity contribution in [3.05, 3.63) is 18.0 Å². The number of rotatable bonds is 4. The maximum Gasteiger partial charge on any atom is 0.0641 e. The van der Waals surface area contributed by atoms with E-state index in [9.17, 15) is 0 Å². The Bertz CT molecular complexity index is 326. The molecule has 1 aliphatic rings. The fourth-order valence-electron chi connectivity index (χ4n) is 2.49. The Labute approximate surface area is 98.2 Å². The lowest BCUT2D eigenvalue weighted by Gasteiger charge is -2.25. The van der Waals surface area contributed by atoms with Crippen LogP contribution in [0.5, 0.6) is 0 Å². The van der Waals surface area contributed by atoms with Gasteiger partial charge in [0.25, 0.3) is 0 Å². The molecule has 3 heteroatoms. The van der Waals surface area contributed by atoms with Crippen molar-refractivity contribution in [1.82, 2.24) is 15.1 Å². The van der Waals surface area contributed by atoms with Crippen molar-refractivity contribution >= 4 is 0 Å². The van der Waals surface area contributed by atoms with Crippen molar-refractivity contribution in [2.45, 2.75) is 64.6 Å². The Morgan fingerprint density at radius 2 is 2.06 bits per heavy atom. The fraction of sp³-hybridized carbons (Fsp3) is 0.769. The second-order valence-electron chi connectivity index (χ2n) is 5.18. The number of nitrogens with one attached hydrogen (secondary N) is 1. The summed E-state index contributed by atoms with van der Waals surface area (Å²) in [5.41, 5.74) is 1.24. The third kappa shape index (κ3) is 2.64. The van der Waals surface area contributed by atoms with Crippen molar-refractivity contribution in [2.24, 2.45) is 0 Å². The molecule has 0 amide bonds. The molecule has 0 bridgehead atoms. The molecule has 1 fully saturated rings. The van der Waals surface area contributed by atoms with Crippen molar-refractivity contribution in [3.8, 4) is 0 Å². The fourth-order valence-corrected chi connectivity index (χ4v) is 2.49. The third-order valence-electron chi connectivity index (χ3n) is 3.73. The minimum Gasteiger partial charge on any atom is -0.309 e. The SMILES string of the molecule is Cc1cnn([C@H](C)[C@@H](C)NC2CCCC2)c1. The Morgan fingerprint density at radius 3 is 2.62 bits per heavy atom. The van der Waals surface area contributed by atoms with Gasteiger partial charge in [0.05, 0.1) is 12.2 Å². The smallest absolute Gasteiger partial charge is 0.0641 e. The van der Waals surface area contributed by atoms with Crippen LogP contribution in [0.4, 0.5) is 0 Å². The second kappa shape index (κ2) is 5.00. The first-order valence-electron chi connectivity index (χ1n) is 6.43. The highest BCUT2D eigenvalue weighted by Crippen LogP contribution is 2.20. The Kier molecular flexibility index (Phi) is 3.64. The molecule has 0 aliphatic heterocycles. The highest BCUT2D eigenvalue weighted by molar-refractivity contribution is 5.01. The van der Waals surface area contributed by atoms with Crippen LogP contribution in [0.1, 0.15) is 51.1 Å². The summed E-state index contributed by atoms with van der Waals surface area (Å²) < 4.78 is 2.07. The molecular formula is C13H23N3. The quantitative estimate of drug-likeness (QED) is 0.847. The van der Waals surface area contributed by atoms with Gasteiger partial charge in [-0.3, -0.25) is 4.68 Å². The highest BCUT2D eigenvalue weighted by atomic mass is 15.3. The predicted molar refractivity (Wildman–Crippen MR) is 66.5 cm³/mol. The van der Waals surface area contributed by atoms with Crippen LogP contribution in [0.25, 0.3) is 0 Å². The van der Waals surface area contributed by atoms with Gasteiger partial charge in [0.15, 0.2) is 0 Å². The zero-order chi connectivity index (χ0) is 11.5. The number of aromatic nitrogens is 2. The molecule has 16 heavy (non-hydrogen) atoms. The molecule has 0 saturated heterocycles. The van der Waals surface area contributed by atoms with E-state index in [1.807, 2.05) is 6.20 Å². The van der Waals surface area contributed by atoms with Gasteiger partial charge in [-0.15, -0.1) is 0 Å². The van der Waals surface area contributed by atoms with Crippen LogP contribution < -0.4 is 5.32 Å². The number of nitrogens with zero attached hydrogens (tertiary/aromatic N) is 2. The normalized spacial score (nSPS) is 21.2. The van der Waals surface area contributed by atoms with Crippen LogP contribution in [0.3, 0.4) is 0 Å². The van der Waals surface area contributed by atoms with Crippen LogP contribution in [0.15, 0.2) is 12.4 Å². The van der Waals surface area contributed by atoms with Crippen molar-refractivity contribution < 1.29 is 0 Å². The maximum absolute atomic E-state index is 4.39. The third-order valence-corrected chi connectivity index (χ3v) is 3.73. The lowest BCUT2D eigenvalue weighted by Crippen LogP contribution is -2.39. The van der Waals surface area contributed by atoms with Crippen LogP contribution >= 0.6 is 0 Å². The van der Waals surface area contributed by atoms with Crippen LogP contribution in [0, 0.1) is 6.92 Å². The van der Waals surface area contributed by atoms with Gasteiger partial charge < -0.3 is 5.32 Å².